The van der Waals surface area contributed by atoms with Crippen LogP contribution in [0.1, 0.15) is 29.4 Å². The Labute approximate surface area is 105 Å². The first-order valence-corrected chi connectivity index (χ1v) is 7.13. The van der Waals surface area contributed by atoms with E-state index in [2.05, 4.69) is 5.32 Å². The highest BCUT2D eigenvalue weighted by molar-refractivity contribution is 7.89. The van der Waals surface area contributed by atoms with Gasteiger partial charge in [0.15, 0.2) is 0 Å². The second-order valence-electron chi connectivity index (χ2n) is 4.30. The number of sulfonamides is 1. The first-order chi connectivity index (χ1) is 8.39. The topological polar surface area (TPSA) is 114 Å². The van der Waals surface area contributed by atoms with Crippen molar-refractivity contribution in [3.05, 3.63) is 18.0 Å². The maximum atomic E-state index is 11.3. The monoisotopic (exact) mass is 273 g/mol. The molecule has 7 nitrogen and oxygen atoms in total. The molecule has 1 aliphatic rings. The number of carboxylic acids is 1. The van der Waals surface area contributed by atoms with Crippen LogP contribution < -0.4 is 10.5 Å². The first kappa shape index (κ1) is 13.1. The highest BCUT2D eigenvalue weighted by Gasteiger charge is 2.24. The molecule has 100 valence electrons. The Morgan fingerprint density at radius 1 is 1.44 bits per heavy atom. The smallest absolute Gasteiger partial charge is 0.352 e. The molecule has 1 aromatic rings. The molecule has 0 saturated carbocycles. The number of rotatable bonds is 3. The molecule has 1 aromatic heterocycles. The summed E-state index contributed by atoms with van der Waals surface area (Å²) in [6.07, 6.45) is 2.84. The lowest BCUT2D eigenvalue weighted by molar-refractivity contribution is 0.0681. The van der Waals surface area contributed by atoms with E-state index in [0.717, 1.165) is 32.0 Å². The molecule has 0 bridgehead atoms. The van der Waals surface area contributed by atoms with Crippen LogP contribution in [-0.2, 0) is 10.0 Å². The summed E-state index contributed by atoms with van der Waals surface area (Å²) in [6.45, 7) is 1.57. The number of aromatic nitrogens is 1. The highest BCUT2D eigenvalue weighted by Crippen LogP contribution is 2.24. The molecule has 0 amide bonds. The molecule has 0 aromatic carbocycles. The zero-order valence-corrected chi connectivity index (χ0v) is 10.5. The van der Waals surface area contributed by atoms with Crippen molar-refractivity contribution in [3.8, 4) is 0 Å². The number of primary sulfonamides is 1. The maximum absolute atomic E-state index is 11.3. The van der Waals surface area contributed by atoms with Gasteiger partial charge in [-0.25, -0.2) is 18.4 Å². The van der Waals surface area contributed by atoms with E-state index < -0.39 is 16.0 Å². The van der Waals surface area contributed by atoms with Crippen molar-refractivity contribution >= 4 is 16.0 Å². The van der Waals surface area contributed by atoms with Crippen LogP contribution in [0.4, 0.5) is 0 Å². The van der Waals surface area contributed by atoms with Gasteiger partial charge in [0.2, 0.25) is 10.0 Å². The van der Waals surface area contributed by atoms with Crippen LogP contribution >= 0.6 is 0 Å². The molecular formula is C10H15N3O4S. The summed E-state index contributed by atoms with van der Waals surface area (Å²) < 4.78 is 24.0. The van der Waals surface area contributed by atoms with Gasteiger partial charge in [0.05, 0.1) is 0 Å². The molecule has 0 atom stereocenters. The predicted molar refractivity (Wildman–Crippen MR) is 63.9 cm³/mol. The van der Waals surface area contributed by atoms with Crippen LogP contribution in [0, 0.1) is 0 Å². The molecule has 2 rings (SSSR count). The van der Waals surface area contributed by atoms with E-state index in [1.165, 1.54) is 10.8 Å². The lowest BCUT2D eigenvalue weighted by Crippen LogP contribution is -2.30. The summed E-state index contributed by atoms with van der Waals surface area (Å²) >= 11 is 0. The van der Waals surface area contributed by atoms with Gasteiger partial charge in [-0.1, -0.05) is 0 Å². The minimum Gasteiger partial charge on any atom is -0.477 e. The number of carbonyl (C=O) groups is 1. The fourth-order valence-electron chi connectivity index (χ4n) is 2.17. The number of hydrogen-bond acceptors (Lipinski definition) is 4. The number of nitrogens with one attached hydrogen (secondary N) is 1. The van der Waals surface area contributed by atoms with Crippen LogP contribution in [0.3, 0.4) is 0 Å². The Bertz CT molecular complexity index is 558. The first-order valence-electron chi connectivity index (χ1n) is 5.58. The van der Waals surface area contributed by atoms with Crippen molar-refractivity contribution in [2.75, 3.05) is 13.1 Å². The van der Waals surface area contributed by atoms with Gasteiger partial charge in [-0.15, -0.1) is 0 Å². The third kappa shape index (κ3) is 2.55. The Balaban J connectivity index is 2.44. The number of hydrogen-bond donors (Lipinski definition) is 3. The third-order valence-corrected chi connectivity index (χ3v) is 3.95. The van der Waals surface area contributed by atoms with E-state index in [0.29, 0.717) is 0 Å². The zero-order chi connectivity index (χ0) is 13.3. The summed E-state index contributed by atoms with van der Waals surface area (Å²) in [5.41, 5.74) is -0.0362. The molecule has 1 saturated heterocycles. The van der Waals surface area contributed by atoms with Crippen molar-refractivity contribution < 1.29 is 18.3 Å². The van der Waals surface area contributed by atoms with Gasteiger partial charge in [0, 0.05) is 12.2 Å². The van der Waals surface area contributed by atoms with E-state index in [1.54, 1.807) is 0 Å². The van der Waals surface area contributed by atoms with Gasteiger partial charge in [-0.05, 0) is 32.0 Å². The van der Waals surface area contributed by atoms with E-state index in [1.807, 2.05) is 0 Å². The molecular weight excluding hydrogens is 258 g/mol. The molecule has 8 heteroatoms. The minimum atomic E-state index is -3.88. The van der Waals surface area contributed by atoms with Gasteiger partial charge >= 0.3 is 5.97 Å². The van der Waals surface area contributed by atoms with Crippen LogP contribution in [0.25, 0.3) is 0 Å². The summed E-state index contributed by atoms with van der Waals surface area (Å²) in [7, 11) is -3.88. The number of nitrogens with two attached hydrogens (primary N) is 1. The molecule has 18 heavy (non-hydrogen) atoms. The van der Waals surface area contributed by atoms with Crippen molar-refractivity contribution in [2.45, 2.75) is 23.8 Å². The molecule has 1 aliphatic heterocycles. The van der Waals surface area contributed by atoms with E-state index in [4.69, 9.17) is 10.2 Å². The van der Waals surface area contributed by atoms with E-state index in [9.17, 15) is 13.2 Å². The van der Waals surface area contributed by atoms with Gasteiger partial charge in [-0.2, -0.15) is 0 Å². The average molecular weight is 273 g/mol. The van der Waals surface area contributed by atoms with Crippen LogP contribution in [-0.4, -0.2) is 37.2 Å². The maximum Gasteiger partial charge on any atom is 0.352 e. The van der Waals surface area contributed by atoms with Crippen LogP contribution in [0.2, 0.25) is 0 Å². The minimum absolute atomic E-state index is 0.00662. The molecule has 4 N–H and O–H groups in total. The fourth-order valence-corrected chi connectivity index (χ4v) is 2.70. The van der Waals surface area contributed by atoms with Crippen molar-refractivity contribution in [1.82, 2.24) is 9.88 Å². The number of aromatic carboxylic acids is 1. The standard InChI is InChI=1S/C10H15N3O4S/c11-18(16,17)8-5-9(10(14)15)13(6-8)7-1-3-12-4-2-7/h5-7,12H,1-4H2,(H,14,15)(H2,11,16,17). The lowest BCUT2D eigenvalue weighted by atomic mass is 10.1. The Kier molecular flexibility index (Phi) is 3.42. The molecule has 0 aliphatic carbocycles. The fraction of sp³-hybridized carbons (Fsp3) is 0.500. The van der Waals surface area contributed by atoms with Gasteiger partial charge < -0.3 is 15.0 Å². The molecule has 1 fully saturated rings. The lowest BCUT2D eigenvalue weighted by Gasteiger charge is -2.25. The Hall–Kier alpha value is -1.38. The second kappa shape index (κ2) is 4.71. The second-order valence-corrected chi connectivity index (χ2v) is 5.86. The quantitative estimate of drug-likeness (QED) is 0.703. The highest BCUT2D eigenvalue weighted by atomic mass is 32.2. The van der Waals surface area contributed by atoms with Gasteiger partial charge in [0.25, 0.3) is 0 Å². The SMILES string of the molecule is NS(=O)(=O)c1cc(C(=O)O)n(C2CCNCC2)c1. The number of carboxylic acid groups (broad SMARTS) is 1. The van der Waals surface area contributed by atoms with Crippen LogP contribution in [0.15, 0.2) is 17.2 Å². The summed E-state index contributed by atoms with van der Waals surface area (Å²) in [6, 6.07) is 1.10. The zero-order valence-electron chi connectivity index (χ0n) is 9.67. The van der Waals surface area contributed by atoms with Gasteiger partial charge in [-0.3, -0.25) is 0 Å². The predicted octanol–water partition coefficient (Wildman–Crippen LogP) is -0.242. The summed E-state index contributed by atoms with van der Waals surface area (Å²) in [4.78, 5) is 11.0. The largest absolute Gasteiger partial charge is 0.477 e. The normalized spacial score (nSPS) is 17.8. The molecule has 2 heterocycles. The van der Waals surface area contributed by atoms with Crippen LogP contribution in [0.5, 0.6) is 0 Å². The Morgan fingerprint density at radius 2 is 2.06 bits per heavy atom. The van der Waals surface area contributed by atoms with E-state index >= 15 is 0 Å². The summed E-state index contributed by atoms with van der Waals surface area (Å²) in [5, 5.41) is 17.3. The number of piperidine rings is 1. The third-order valence-electron chi connectivity index (χ3n) is 3.07. The summed E-state index contributed by atoms with van der Waals surface area (Å²) in [5.74, 6) is -1.15. The van der Waals surface area contributed by atoms with Crippen molar-refractivity contribution in [3.63, 3.8) is 0 Å². The molecule has 0 radical (unpaired) electrons. The average Bonchev–Trinajstić information content (AvgIpc) is 2.74. The van der Waals surface area contributed by atoms with Gasteiger partial charge in [0.1, 0.15) is 10.6 Å². The van der Waals surface area contributed by atoms with Crippen molar-refractivity contribution in [2.24, 2.45) is 5.14 Å². The van der Waals surface area contributed by atoms with E-state index in [-0.39, 0.29) is 16.6 Å². The molecule has 0 unspecified atom stereocenters. The number of nitrogens with zero attached hydrogens (tertiary/aromatic N) is 1. The Morgan fingerprint density at radius 3 is 2.56 bits per heavy atom. The van der Waals surface area contributed by atoms with Crippen molar-refractivity contribution in [1.29, 1.82) is 0 Å². The molecule has 0 spiro atoms.